The van der Waals surface area contributed by atoms with Crippen LogP contribution in [0.25, 0.3) is 0 Å². The van der Waals surface area contributed by atoms with E-state index in [9.17, 15) is 10.1 Å². The summed E-state index contributed by atoms with van der Waals surface area (Å²) in [6.07, 6.45) is 4.19. The van der Waals surface area contributed by atoms with Gasteiger partial charge >= 0.3 is 0 Å². The number of nitriles is 1. The minimum absolute atomic E-state index is 0.0423. The van der Waals surface area contributed by atoms with Crippen LogP contribution in [0.1, 0.15) is 40.0 Å². The van der Waals surface area contributed by atoms with E-state index < -0.39 is 0 Å². The molecule has 0 amide bonds. The van der Waals surface area contributed by atoms with Crippen molar-refractivity contribution in [1.82, 2.24) is 4.98 Å². The number of hydrogen-bond donors (Lipinski definition) is 0. The number of hydrogen-bond acceptors (Lipinski definition) is 6. The van der Waals surface area contributed by atoms with E-state index in [-0.39, 0.29) is 11.5 Å². The van der Waals surface area contributed by atoms with Crippen molar-refractivity contribution in [2.45, 2.75) is 30.7 Å². The first-order valence-corrected chi connectivity index (χ1v) is 9.45. The number of aromatic nitrogens is 1. The van der Waals surface area contributed by atoms with Gasteiger partial charge in [-0.1, -0.05) is 11.8 Å². The SMILES string of the molecule is COc1ccc(C(=O)CSc2nc3c(cc2C#N)CCCC3)cc1OC. The van der Waals surface area contributed by atoms with Gasteiger partial charge in [-0.25, -0.2) is 4.98 Å². The molecule has 0 radical (unpaired) electrons. The van der Waals surface area contributed by atoms with Crippen LogP contribution in [0.2, 0.25) is 0 Å². The molecule has 1 aromatic heterocycles. The highest BCUT2D eigenvalue weighted by Crippen LogP contribution is 2.30. The summed E-state index contributed by atoms with van der Waals surface area (Å²) in [6, 6.07) is 9.26. The fourth-order valence-electron chi connectivity index (χ4n) is 3.03. The van der Waals surface area contributed by atoms with Crippen LogP contribution in [-0.4, -0.2) is 30.7 Å². The highest BCUT2D eigenvalue weighted by Gasteiger charge is 2.17. The van der Waals surface area contributed by atoms with E-state index in [1.165, 1.54) is 24.4 Å². The minimum atomic E-state index is -0.0423. The van der Waals surface area contributed by atoms with Crippen molar-refractivity contribution < 1.29 is 14.3 Å². The van der Waals surface area contributed by atoms with E-state index in [2.05, 4.69) is 11.1 Å². The van der Waals surface area contributed by atoms with Crippen LogP contribution in [0, 0.1) is 11.3 Å². The number of rotatable bonds is 6. The summed E-state index contributed by atoms with van der Waals surface area (Å²) in [5.41, 5.74) is 3.34. The number of ether oxygens (including phenoxy) is 2. The van der Waals surface area contributed by atoms with Crippen molar-refractivity contribution in [2.75, 3.05) is 20.0 Å². The average Bonchev–Trinajstić information content (AvgIpc) is 2.70. The molecule has 0 saturated heterocycles. The summed E-state index contributed by atoms with van der Waals surface area (Å²) >= 11 is 1.32. The molecule has 6 heteroatoms. The zero-order chi connectivity index (χ0) is 18.5. The van der Waals surface area contributed by atoms with Gasteiger partial charge in [0.05, 0.1) is 25.5 Å². The van der Waals surface area contributed by atoms with E-state index in [0.29, 0.717) is 27.7 Å². The molecule has 0 spiro atoms. The number of carbonyl (C=O) groups is 1. The summed E-state index contributed by atoms with van der Waals surface area (Å²) < 4.78 is 10.4. The third-order valence-corrected chi connectivity index (χ3v) is 5.42. The summed E-state index contributed by atoms with van der Waals surface area (Å²) in [5, 5.41) is 10.1. The maximum absolute atomic E-state index is 12.5. The van der Waals surface area contributed by atoms with Gasteiger partial charge in [0.15, 0.2) is 17.3 Å². The molecule has 0 saturated carbocycles. The Labute approximate surface area is 157 Å². The molecule has 134 valence electrons. The third kappa shape index (κ3) is 3.83. The predicted octanol–water partition coefficient (Wildman–Crippen LogP) is 3.82. The number of aryl methyl sites for hydroxylation is 2. The number of ketones is 1. The second kappa shape index (κ2) is 8.24. The Bertz CT molecular complexity index is 874. The van der Waals surface area contributed by atoms with Crippen LogP contribution in [0.5, 0.6) is 11.5 Å². The van der Waals surface area contributed by atoms with Crippen LogP contribution in [0.15, 0.2) is 29.3 Å². The lowest BCUT2D eigenvalue weighted by Crippen LogP contribution is -2.08. The maximum Gasteiger partial charge on any atom is 0.173 e. The van der Waals surface area contributed by atoms with Gasteiger partial charge in [0.2, 0.25) is 0 Å². The van der Waals surface area contributed by atoms with E-state index >= 15 is 0 Å². The second-order valence-electron chi connectivity index (χ2n) is 6.05. The van der Waals surface area contributed by atoms with Gasteiger partial charge < -0.3 is 9.47 Å². The Morgan fingerprint density at radius 2 is 1.96 bits per heavy atom. The van der Waals surface area contributed by atoms with E-state index in [0.717, 1.165) is 31.4 Å². The molecule has 3 rings (SSSR count). The highest BCUT2D eigenvalue weighted by molar-refractivity contribution is 8.00. The summed E-state index contributed by atoms with van der Waals surface area (Å²) in [6.45, 7) is 0. The standard InChI is InChI=1S/C20H20N2O3S/c1-24-18-8-7-14(10-19(18)25-2)17(23)12-26-20-15(11-21)9-13-5-3-4-6-16(13)22-20/h7-10H,3-6,12H2,1-2H3. The van der Waals surface area contributed by atoms with Crippen molar-refractivity contribution in [3.63, 3.8) is 0 Å². The summed E-state index contributed by atoms with van der Waals surface area (Å²) in [4.78, 5) is 17.2. The van der Waals surface area contributed by atoms with Crippen molar-refractivity contribution in [2.24, 2.45) is 0 Å². The Balaban J connectivity index is 1.76. The quantitative estimate of drug-likeness (QED) is 0.570. The second-order valence-corrected chi connectivity index (χ2v) is 7.01. The zero-order valence-corrected chi connectivity index (χ0v) is 15.7. The van der Waals surface area contributed by atoms with E-state index in [1.54, 1.807) is 25.3 Å². The number of benzene rings is 1. The Kier molecular flexibility index (Phi) is 5.79. The fraction of sp³-hybridized carbons (Fsp3) is 0.350. The number of Topliss-reactive ketones (excluding diaryl/α,β-unsaturated/α-hetero) is 1. The smallest absolute Gasteiger partial charge is 0.173 e. The first-order valence-electron chi connectivity index (χ1n) is 8.47. The van der Waals surface area contributed by atoms with Crippen molar-refractivity contribution in [1.29, 1.82) is 5.26 Å². The molecule has 0 aliphatic heterocycles. The first kappa shape index (κ1) is 18.3. The molecule has 2 aromatic rings. The molecular formula is C20H20N2O3S. The van der Waals surface area contributed by atoms with Crippen LogP contribution < -0.4 is 9.47 Å². The Hall–Kier alpha value is -2.52. The lowest BCUT2D eigenvalue weighted by Gasteiger charge is -2.16. The van der Waals surface area contributed by atoms with Crippen molar-refractivity contribution >= 4 is 17.5 Å². The molecule has 1 aliphatic carbocycles. The lowest BCUT2D eigenvalue weighted by atomic mass is 9.95. The highest BCUT2D eigenvalue weighted by atomic mass is 32.2. The molecule has 1 aliphatic rings. The Morgan fingerprint density at radius 3 is 2.69 bits per heavy atom. The molecule has 0 N–H and O–H groups in total. The molecular weight excluding hydrogens is 348 g/mol. The average molecular weight is 368 g/mol. The topological polar surface area (TPSA) is 72.2 Å². The van der Waals surface area contributed by atoms with Gasteiger partial charge in [-0.2, -0.15) is 5.26 Å². The minimum Gasteiger partial charge on any atom is -0.493 e. The zero-order valence-electron chi connectivity index (χ0n) is 14.9. The molecule has 5 nitrogen and oxygen atoms in total. The van der Waals surface area contributed by atoms with Crippen LogP contribution in [0.4, 0.5) is 0 Å². The normalized spacial score (nSPS) is 12.8. The monoisotopic (exact) mass is 368 g/mol. The van der Waals surface area contributed by atoms with Crippen LogP contribution in [-0.2, 0) is 12.8 Å². The number of methoxy groups -OCH3 is 2. The van der Waals surface area contributed by atoms with E-state index in [4.69, 9.17) is 9.47 Å². The van der Waals surface area contributed by atoms with Crippen LogP contribution >= 0.6 is 11.8 Å². The number of nitrogens with zero attached hydrogens (tertiary/aromatic N) is 2. The fourth-order valence-corrected chi connectivity index (χ4v) is 3.90. The van der Waals surface area contributed by atoms with E-state index in [1.807, 2.05) is 6.07 Å². The number of fused-ring (bicyclic) bond motifs is 1. The summed E-state index contributed by atoms with van der Waals surface area (Å²) in [7, 11) is 3.09. The number of carbonyl (C=O) groups excluding carboxylic acids is 1. The predicted molar refractivity (Wildman–Crippen MR) is 100 cm³/mol. The lowest BCUT2D eigenvalue weighted by molar-refractivity contribution is 0.102. The number of pyridine rings is 1. The Morgan fingerprint density at radius 1 is 1.19 bits per heavy atom. The van der Waals surface area contributed by atoms with Gasteiger partial charge in [-0.3, -0.25) is 4.79 Å². The van der Waals surface area contributed by atoms with Gasteiger partial charge in [0.25, 0.3) is 0 Å². The molecule has 0 atom stereocenters. The van der Waals surface area contributed by atoms with Crippen molar-refractivity contribution in [3.05, 3.63) is 46.6 Å². The van der Waals surface area contributed by atoms with Gasteiger partial charge in [0, 0.05) is 11.3 Å². The molecule has 1 aromatic carbocycles. The van der Waals surface area contributed by atoms with Gasteiger partial charge in [-0.15, -0.1) is 0 Å². The first-order chi connectivity index (χ1) is 12.7. The molecule has 0 unspecified atom stereocenters. The molecule has 1 heterocycles. The molecule has 0 bridgehead atoms. The molecule has 0 fully saturated rings. The third-order valence-electron chi connectivity index (χ3n) is 4.43. The number of thioether (sulfide) groups is 1. The van der Waals surface area contributed by atoms with Crippen LogP contribution in [0.3, 0.4) is 0 Å². The van der Waals surface area contributed by atoms with Gasteiger partial charge in [0.1, 0.15) is 11.1 Å². The largest absolute Gasteiger partial charge is 0.493 e. The van der Waals surface area contributed by atoms with Gasteiger partial charge in [-0.05, 0) is 55.5 Å². The summed E-state index contributed by atoms with van der Waals surface area (Å²) in [5.74, 6) is 1.28. The maximum atomic E-state index is 12.5. The molecule has 26 heavy (non-hydrogen) atoms. The van der Waals surface area contributed by atoms with Crippen molar-refractivity contribution in [3.8, 4) is 17.6 Å².